The van der Waals surface area contributed by atoms with Gasteiger partial charge in [-0.15, -0.1) is 0 Å². The van der Waals surface area contributed by atoms with Crippen LogP contribution >= 0.6 is 0 Å². The van der Waals surface area contributed by atoms with Crippen LogP contribution in [0.5, 0.6) is 0 Å². The molecule has 3 heteroatoms. The molecular formula is C4H2N2O. The Kier molecular flexibility index (Phi) is 2.16. The van der Waals surface area contributed by atoms with Gasteiger partial charge in [-0.3, -0.25) is 0 Å². The SMILES string of the molecule is [C-]#[N+]C(C#N)=CO. The second kappa shape index (κ2) is 2.74. The van der Waals surface area contributed by atoms with Crippen LogP contribution in [0.25, 0.3) is 4.85 Å². The summed E-state index contributed by atoms with van der Waals surface area (Å²) < 4.78 is 0. The van der Waals surface area contributed by atoms with Crippen molar-refractivity contribution in [3.05, 3.63) is 23.4 Å². The van der Waals surface area contributed by atoms with Crippen LogP contribution in [0.3, 0.4) is 0 Å². The third kappa shape index (κ3) is 1.40. The Labute approximate surface area is 40.9 Å². The number of hydrogen-bond acceptors (Lipinski definition) is 2. The highest BCUT2D eigenvalue weighted by atomic mass is 16.2. The largest absolute Gasteiger partial charge is 0.526 e. The summed E-state index contributed by atoms with van der Waals surface area (Å²) in [5, 5.41) is 15.8. The van der Waals surface area contributed by atoms with E-state index in [9.17, 15) is 0 Å². The molecule has 0 saturated carbocycles. The molecule has 1 N–H and O–H groups in total. The van der Waals surface area contributed by atoms with Gasteiger partial charge in [-0.05, 0) is 0 Å². The highest BCUT2D eigenvalue weighted by Crippen LogP contribution is 1.87. The fourth-order valence-electron chi connectivity index (χ4n) is 0.0827. The van der Waals surface area contributed by atoms with E-state index in [2.05, 4.69) is 4.85 Å². The Morgan fingerprint density at radius 3 is 2.57 bits per heavy atom. The molecule has 0 aromatic carbocycles. The van der Waals surface area contributed by atoms with Crippen LogP contribution in [0.2, 0.25) is 0 Å². The van der Waals surface area contributed by atoms with Gasteiger partial charge >= 0.3 is 0 Å². The molecule has 3 nitrogen and oxygen atoms in total. The average molecular weight is 94.1 g/mol. The molecule has 0 aliphatic heterocycles. The molecule has 0 aromatic heterocycles. The normalized spacial score (nSPS) is 9.14. The minimum absolute atomic E-state index is 0.292. The van der Waals surface area contributed by atoms with Crippen molar-refractivity contribution in [2.75, 3.05) is 0 Å². The molecule has 34 valence electrons. The first kappa shape index (κ1) is 5.52. The molecule has 0 heterocycles. The van der Waals surface area contributed by atoms with E-state index in [1.807, 2.05) is 0 Å². The topological polar surface area (TPSA) is 48.4 Å². The molecule has 0 aliphatic rings. The predicted octanol–water partition coefficient (Wildman–Crippen LogP) is 0.829. The van der Waals surface area contributed by atoms with Crippen LogP contribution in [0.4, 0.5) is 0 Å². The summed E-state index contributed by atoms with van der Waals surface area (Å²) in [5.74, 6) is 0. The van der Waals surface area contributed by atoms with E-state index in [0.717, 1.165) is 0 Å². The van der Waals surface area contributed by atoms with Crippen molar-refractivity contribution < 1.29 is 5.11 Å². The third-order valence-electron chi connectivity index (χ3n) is 0.357. The fourth-order valence-corrected chi connectivity index (χ4v) is 0.0827. The lowest BCUT2D eigenvalue weighted by atomic mass is 10.6. The summed E-state index contributed by atoms with van der Waals surface area (Å²) in [6.45, 7) is 6.13. The van der Waals surface area contributed by atoms with Gasteiger partial charge in [0.15, 0.2) is 0 Å². The zero-order valence-corrected chi connectivity index (χ0v) is 3.42. The first-order valence-electron chi connectivity index (χ1n) is 1.47. The smallest absolute Gasteiger partial charge is 0.295 e. The Bertz CT molecular complexity index is 142. The maximum atomic E-state index is 7.93. The molecule has 0 atom stereocenters. The van der Waals surface area contributed by atoms with Crippen molar-refractivity contribution in [2.24, 2.45) is 0 Å². The van der Waals surface area contributed by atoms with Gasteiger partial charge in [0.05, 0.1) is 18.9 Å². The Balaban J connectivity index is 4.03. The summed E-state index contributed by atoms with van der Waals surface area (Å²) in [5.41, 5.74) is -0.292. The van der Waals surface area contributed by atoms with Crippen molar-refractivity contribution in [1.82, 2.24) is 0 Å². The van der Waals surface area contributed by atoms with Gasteiger partial charge in [-0.2, -0.15) is 0 Å². The van der Waals surface area contributed by atoms with E-state index >= 15 is 0 Å². The van der Waals surface area contributed by atoms with Crippen molar-refractivity contribution in [3.8, 4) is 6.07 Å². The van der Waals surface area contributed by atoms with Crippen molar-refractivity contribution >= 4 is 0 Å². The molecule has 0 bridgehead atoms. The number of aliphatic hydroxyl groups is 1. The lowest BCUT2D eigenvalue weighted by Gasteiger charge is -1.68. The standard InChI is InChI=1S/C4H2N2O/c1-6-4(2-5)3-7/h3,7H. The molecule has 0 rings (SSSR count). The molecule has 0 unspecified atom stereocenters. The first-order chi connectivity index (χ1) is 3.35. The average Bonchev–Trinajstić information content (AvgIpc) is 1.72. The number of allylic oxidation sites excluding steroid dienone is 1. The summed E-state index contributed by atoms with van der Waals surface area (Å²) in [4.78, 5) is 2.62. The van der Waals surface area contributed by atoms with Crippen LogP contribution in [0.1, 0.15) is 0 Å². The zero-order valence-electron chi connectivity index (χ0n) is 3.42. The van der Waals surface area contributed by atoms with E-state index in [4.69, 9.17) is 16.9 Å². The second-order valence-corrected chi connectivity index (χ2v) is 0.738. The Hall–Kier alpha value is -1.48. The molecule has 0 amide bonds. The molecule has 0 saturated heterocycles. The van der Waals surface area contributed by atoms with E-state index < -0.39 is 0 Å². The lowest BCUT2D eigenvalue weighted by molar-refractivity contribution is 0.471. The quantitative estimate of drug-likeness (QED) is 0.274. The molecule has 0 aromatic rings. The highest BCUT2D eigenvalue weighted by Gasteiger charge is 1.84. The molecule has 7 heavy (non-hydrogen) atoms. The van der Waals surface area contributed by atoms with Crippen LogP contribution in [-0.2, 0) is 0 Å². The minimum Gasteiger partial charge on any atom is -0.526 e. The fraction of sp³-hybridized carbons (Fsp3) is 0. The van der Waals surface area contributed by atoms with Crippen LogP contribution in [0.15, 0.2) is 12.0 Å². The summed E-state index contributed by atoms with van der Waals surface area (Å²) in [6.07, 6.45) is 0.479. The van der Waals surface area contributed by atoms with E-state index in [1.54, 1.807) is 0 Å². The monoisotopic (exact) mass is 94.0 g/mol. The molecule has 0 radical (unpaired) electrons. The molecule has 0 fully saturated rings. The number of nitrogens with zero attached hydrogens (tertiary/aromatic N) is 2. The zero-order chi connectivity index (χ0) is 5.70. The number of rotatable bonds is 0. The molecule has 0 spiro atoms. The van der Waals surface area contributed by atoms with Crippen LogP contribution < -0.4 is 0 Å². The van der Waals surface area contributed by atoms with E-state index in [-0.39, 0.29) is 5.70 Å². The maximum Gasteiger partial charge on any atom is 0.295 e. The predicted molar refractivity (Wildman–Crippen MR) is 22.9 cm³/mol. The number of aliphatic hydroxyl groups excluding tert-OH is 1. The minimum atomic E-state index is -0.292. The van der Waals surface area contributed by atoms with Crippen molar-refractivity contribution in [3.63, 3.8) is 0 Å². The third-order valence-corrected chi connectivity index (χ3v) is 0.357. The van der Waals surface area contributed by atoms with Crippen LogP contribution in [0, 0.1) is 17.9 Å². The van der Waals surface area contributed by atoms with Gasteiger partial charge in [0, 0.05) is 0 Å². The number of hydrogen-bond donors (Lipinski definition) is 1. The summed E-state index contributed by atoms with van der Waals surface area (Å²) >= 11 is 0. The van der Waals surface area contributed by atoms with Gasteiger partial charge in [0.25, 0.3) is 5.70 Å². The maximum absolute atomic E-state index is 7.93. The Morgan fingerprint density at radius 1 is 2.00 bits per heavy atom. The van der Waals surface area contributed by atoms with E-state index in [0.29, 0.717) is 6.26 Å². The Morgan fingerprint density at radius 2 is 2.57 bits per heavy atom. The van der Waals surface area contributed by atoms with Crippen molar-refractivity contribution in [2.45, 2.75) is 0 Å². The van der Waals surface area contributed by atoms with Gasteiger partial charge in [0.1, 0.15) is 0 Å². The highest BCUT2D eigenvalue weighted by molar-refractivity contribution is 5.24. The van der Waals surface area contributed by atoms with Gasteiger partial charge in [-0.1, -0.05) is 0 Å². The van der Waals surface area contributed by atoms with E-state index in [1.165, 1.54) is 6.07 Å². The van der Waals surface area contributed by atoms with Gasteiger partial charge < -0.3 is 5.11 Å². The van der Waals surface area contributed by atoms with Crippen molar-refractivity contribution in [1.29, 1.82) is 5.26 Å². The molecular weight excluding hydrogens is 92.1 g/mol. The lowest BCUT2D eigenvalue weighted by Crippen LogP contribution is -1.62. The molecule has 0 aliphatic carbocycles. The number of nitriles is 1. The van der Waals surface area contributed by atoms with Gasteiger partial charge in [-0.25, -0.2) is 10.1 Å². The summed E-state index contributed by atoms with van der Waals surface area (Å²) in [7, 11) is 0. The summed E-state index contributed by atoms with van der Waals surface area (Å²) in [6, 6.07) is 1.46. The first-order valence-corrected chi connectivity index (χ1v) is 1.47. The van der Waals surface area contributed by atoms with Gasteiger partial charge in [0.2, 0.25) is 0 Å². The second-order valence-electron chi connectivity index (χ2n) is 0.738. The van der Waals surface area contributed by atoms with Crippen LogP contribution in [-0.4, -0.2) is 5.11 Å².